The minimum atomic E-state index is -1.07. The van der Waals surface area contributed by atoms with Crippen LogP contribution in [0.5, 0.6) is 0 Å². The van der Waals surface area contributed by atoms with Crippen molar-refractivity contribution in [3.8, 4) is 0 Å². The van der Waals surface area contributed by atoms with Gasteiger partial charge in [-0.15, -0.1) is 16.3 Å². The maximum absolute atomic E-state index is 13.1. The quantitative estimate of drug-likeness (QED) is 0.621. The molecular formula is C20H22N4O3S. The Morgan fingerprint density at radius 3 is 2.64 bits per heavy atom. The fourth-order valence-electron chi connectivity index (χ4n) is 3.51. The summed E-state index contributed by atoms with van der Waals surface area (Å²) in [7, 11) is 0. The molecule has 3 amide bonds. The van der Waals surface area contributed by atoms with E-state index in [0.29, 0.717) is 6.42 Å². The summed E-state index contributed by atoms with van der Waals surface area (Å²) in [6, 6.07) is 12.8. The number of anilines is 1. The van der Waals surface area contributed by atoms with E-state index in [1.165, 1.54) is 0 Å². The number of nitrogens with zero attached hydrogens (tertiary/aromatic N) is 3. The molecule has 7 nitrogen and oxygen atoms in total. The first-order valence-corrected chi connectivity index (χ1v) is 10.1. The number of rotatable bonds is 5. The van der Waals surface area contributed by atoms with Gasteiger partial charge in [-0.05, 0) is 24.1 Å². The van der Waals surface area contributed by atoms with Gasteiger partial charge in [0, 0.05) is 18.0 Å². The Balaban J connectivity index is 1.53. The first-order valence-electron chi connectivity index (χ1n) is 9.33. The van der Waals surface area contributed by atoms with Gasteiger partial charge < -0.3 is 15.0 Å². The average molecular weight is 398 g/mol. The lowest BCUT2D eigenvalue weighted by molar-refractivity contribution is -0.131. The number of carbonyl (C=O) groups excluding carboxylic acids is 2. The molecule has 1 N–H and O–H groups in total. The maximum Gasteiger partial charge on any atom is 0.346 e. The van der Waals surface area contributed by atoms with Crippen molar-refractivity contribution in [1.29, 1.82) is 0 Å². The van der Waals surface area contributed by atoms with Gasteiger partial charge in [-0.25, -0.2) is 4.79 Å². The van der Waals surface area contributed by atoms with Crippen LogP contribution in [0.4, 0.5) is 9.80 Å². The van der Waals surface area contributed by atoms with Crippen LogP contribution in [0.15, 0.2) is 47.6 Å². The van der Waals surface area contributed by atoms with Crippen LogP contribution < -0.4 is 10.2 Å². The van der Waals surface area contributed by atoms with Crippen LogP contribution in [0.2, 0.25) is 0 Å². The van der Waals surface area contributed by atoms with E-state index in [-0.39, 0.29) is 5.91 Å². The van der Waals surface area contributed by atoms with E-state index in [1.807, 2.05) is 49.4 Å². The predicted octanol–water partition coefficient (Wildman–Crippen LogP) is 2.78. The molecular weight excluding hydrogens is 376 g/mol. The number of imide groups is 1. The zero-order chi connectivity index (χ0) is 19.6. The number of carbonyl (C=O) groups is 2. The van der Waals surface area contributed by atoms with Gasteiger partial charge in [0.25, 0.3) is 5.91 Å². The van der Waals surface area contributed by atoms with Crippen LogP contribution in [0.1, 0.15) is 23.8 Å². The number of ether oxygens (including phenoxy) is 1. The highest BCUT2D eigenvalue weighted by Crippen LogP contribution is 2.32. The predicted molar refractivity (Wildman–Crippen MR) is 109 cm³/mol. The van der Waals surface area contributed by atoms with Crippen LogP contribution in [-0.2, 0) is 15.1 Å². The van der Waals surface area contributed by atoms with E-state index in [9.17, 15) is 9.59 Å². The van der Waals surface area contributed by atoms with Gasteiger partial charge in [-0.2, -0.15) is 5.10 Å². The van der Waals surface area contributed by atoms with E-state index in [1.54, 1.807) is 17.6 Å². The molecule has 0 spiro atoms. The molecule has 146 valence electrons. The van der Waals surface area contributed by atoms with Crippen molar-refractivity contribution in [2.24, 2.45) is 5.10 Å². The number of morpholine rings is 1. The lowest BCUT2D eigenvalue weighted by atomic mass is 9.87. The Bertz CT molecular complexity index is 892. The average Bonchev–Trinajstić information content (AvgIpc) is 3.31. The van der Waals surface area contributed by atoms with Gasteiger partial charge in [0.1, 0.15) is 5.54 Å². The van der Waals surface area contributed by atoms with Crippen molar-refractivity contribution >= 4 is 34.5 Å². The summed E-state index contributed by atoms with van der Waals surface area (Å²) in [5.41, 5.74) is -0.302. The molecule has 1 aromatic carbocycles. The SMILES string of the molecule is CC[C@@]1(c2ccccc2)NC(=O)N(/N=C\c2ccc(N3CCOCC3)s2)C1=O. The van der Waals surface area contributed by atoms with Crippen LogP contribution >= 0.6 is 11.3 Å². The summed E-state index contributed by atoms with van der Waals surface area (Å²) in [5, 5.41) is 9.10. The second-order valence-corrected chi connectivity index (χ2v) is 7.79. The molecule has 2 fully saturated rings. The smallest absolute Gasteiger partial charge is 0.346 e. The highest BCUT2D eigenvalue weighted by Gasteiger charge is 2.51. The molecule has 2 aromatic rings. The molecule has 4 rings (SSSR count). The standard InChI is InChI=1S/C20H22N4O3S/c1-2-20(15-6-4-3-5-7-15)18(25)24(19(26)22-20)21-14-16-8-9-17(28-16)23-10-12-27-13-11-23/h3-9,14H,2,10-13H2,1H3,(H,22,26)/b21-14-/t20-/m0/s1. The van der Waals surface area contributed by atoms with Crippen molar-refractivity contribution in [2.45, 2.75) is 18.9 Å². The fourth-order valence-corrected chi connectivity index (χ4v) is 4.43. The Labute approximate surface area is 167 Å². The molecule has 2 saturated heterocycles. The highest BCUT2D eigenvalue weighted by molar-refractivity contribution is 7.17. The summed E-state index contributed by atoms with van der Waals surface area (Å²) in [6.07, 6.45) is 2.02. The Kier molecular flexibility index (Phi) is 5.15. The molecule has 28 heavy (non-hydrogen) atoms. The topological polar surface area (TPSA) is 74.2 Å². The molecule has 0 unspecified atom stereocenters. The van der Waals surface area contributed by atoms with Crippen molar-refractivity contribution in [3.05, 3.63) is 52.9 Å². The van der Waals surface area contributed by atoms with E-state index >= 15 is 0 Å². The van der Waals surface area contributed by atoms with Crippen molar-refractivity contribution in [3.63, 3.8) is 0 Å². The molecule has 2 aliphatic rings. The van der Waals surface area contributed by atoms with Crippen LogP contribution in [-0.4, -0.2) is 49.5 Å². The van der Waals surface area contributed by atoms with Crippen molar-refractivity contribution in [2.75, 3.05) is 31.2 Å². The van der Waals surface area contributed by atoms with E-state index in [0.717, 1.165) is 46.8 Å². The minimum absolute atomic E-state index is 0.354. The third-order valence-corrected chi connectivity index (χ3v) is 6.18. The zero-order valence-electron chi connectivity index (χ0n) is 15.6. The normalized spacial score (nSPS) is 22.9. The lowest BCUT2D eigenvalue weighted by Crippen LogP contribution is -2.43. The van der Waals surface area contributed by atoms with Gasteiger partial charge >= 0.3 is 6.03 Å². The third-order valence-electron chi connectivity index (χ3n) is 5.10. The molecule has 1 atom stereocenters. The number of nitrogens with one attached hydrogen (secondary N) is 1. The summed E-state index contributed by atoms with van der Waals surface area (Å²) >= 11 is 1.58. The van der Waals surface area contributed by atoms with E-state index in [4.69, 9.17) is 4.74 Å². The molecule has 0 bridgehead atoms. The molecule has 3 heterocycles. The van der Waals surface area contributed by atoms with Gasteiger partial charge in [0.05, 0.1) is 24.4 Å². The molecule has 2 aliphatic heterocycles. The molecule has 8 heteroatoms. The molecule has 0 aliphatic carbocycles. The maximum atomic E-state index is 13.1. The monoisotopic (exact) mass is 398 g/mol. The molecule has 0 saturated carbocycles. The summed E-state index contributed by atoms with van der Waals surface area (Å²) in [6.45, 7) is 5.05. The largest absolute Gasteiger partial charge is 0.378 e. The first-order chi connectivity index (χ1) is 13.6. The van der Waals surface area contributed by atoms with Crippen molar-refractivity contribution < 1.29 is 14.3 Å². The van der Waals surface area contributed by atoms with Crippen molar-refractivity contribution in [1.82, 2.24) is 10.3 Å². The van der Waals surface area contributed by atoms with Gasteiger partial charge in [0.15, 0.2) is 0 Å². The lowest BCUT2D eigenvalue weighted by Gasteiger charge is -2.27. The third kappa shape index (κ3) is 3.29. The number of thiophene rings is 1. The fraction of sp³-hybridized carbons (Fsp3) is 0.350. The van der Waals surface area contributed by atoms with Gasteiger partial charge in [-0.3, -0.25) is 4.79 Å². The minimum Gasteiger partial charge on any atom is -0.378 e. The molecule has 1 aromatic heterocycles. The highest BCUT2D eigenvalue weighted by atomic mass is 32.1. The second-order valence-electron chi connectivity index (χ2n) is 6.69. The van der Waals surface area contributed by atoms with Crippen LogP contribution in [0, 0.1) is 0 Å². The van der Waals surface area contributed by atoms with E-state index in [2.05, 4.69) is 15.3 Å². The number of benzene rings is 1. The number of hydrogen-bond donors (Lipinski definition) is 1. The summed E-state index contributed by atoms with van der Waals surface area (Å²) in [5.74, 6) is -0.354. The van der Waals surface area contributed by atoms with Crippen LogP contribution in [0.25, 0.3) is 0 Å². The Morgan fingerprint density at radius 2 is 1.93 bits per heavy atom. The Hall–Kier alpha value is -2.71. The number of urea groups is 1. The molecule has 0 radical (unpaired) electrons. The Morgan fingerprint density at radius 1 is 1.18 bits per heavy atom. The zero-order valence-corrected chi connectivity index (χ0v) is 16.4. The van der Waals surface area contributed by atoms with E-state index < -0.39 is 11.6 Å². The van der Waals surface area contributed by atoms with Crippen LogP contribution in [0.3, 0.4) is 0 Å². The first kappa shape index (κ1) is 18.6. The number of hydrazone groups is 1. The number of hydrogen-bond acceptors (Lipinski definition) is 6. The number of amides is 3. The second kappa shape index (κ2) is 7.73. The summed E-state index contributed by atoms with van der Waals surface area (Å²) < 4.78 is 5.38. The van der Waals surface area contributed by atoms with Gasteiger partial charge in [-0.1, -0.05) is 37.3 Å². The van der Waals surface area contributed by atoms with Gasteiger partial charge in [0.2, 0.25) is 0 Å². The summed E-state index contributed by atoms with van der Waals surface area (Å²) in [4.78, 5) is 28.7.